The lowest BCUT2D eigenvalue weighted by Gasteiger charge is -2.31. The van der Waals surface area contributed by atoms with Crippen molar-refractivity contribution in [3.63, 3.8) is 0 Å². The summed E-state index contributed by atoms with van der Waals surface area (Å²) >= 11 is 0. The van der Waals surface area contributed by atoms with Gasteiger partial charge in [-0.1, -0.05) is 13.8 Å². The second-order valence-corrected chi connectivity index (χ2v) is 9.95. The number of carbonyl (C=O) groups excluding carboxylic acids is 2. The minimum Gasteiger partial charge on any atom is -0.495 e. The largest absolute Gasteiger partial charge is 0.495 e. The van der Waals surface area contributed by atoms with Crippen LogP contribution in [0.25, 0.3) is 0 Å². The number of piperidine rings is 1. The molecule has 2 aromatic carbocycles. The van der Waals surface area contributed by atoms with Crippen LogP contribution in [0.2, 0.25) is 0 Å². The molecule has 1 fully saturated rings. The van der Waals surface area contributed by atoms with Crippen LogP contribution in [0.15, 0.2) is 47.4 Å². The van der Waals surface area contributed by atoms with E-state index in [-0.39, 0.29) is 28.3 Å². The van der Waals surface area contributed by atoms with Gasteiger partial charge in [-0.3, -0.25) is 9.59 Å². The first-order valence-corrected chi connectivity index (χ1v) is 12.7. The van der Waals surface area contributed by atoms with Crippen LogP contribution in [0.5, 0.6) is 5.75 Å². The Bertz CT molecular complexity index is 1130. The van der Waals surface area contributed by atoms with E-state index in [2.05, 4.69) is 5.32 Å². The lowest BCUT2D eigenvalue weighted by molar-refractivity contribution is -0.121. The number of anilines is 1. The van der Waals surface area contributed by atoms with Crippen molar-refractivity contribution in [3.8, 4) is 5.75 Å². The molecule has 0 unspecified atom stereocenters. The van der Waals surface area contributed by atoms with Crippen LogP contribution in [-0.4, -0.2) is 62.7 Å². The van der Waals surface area contributed by atoms with Crippen LogP contribution in [-0.2, 0) is 14.8 Å². The molecule has 10 heteroatoms. The van der Waals surface area contributed by atoms with Crippen LogP contribution >= 0.6 is 0 Å². The number of hydrogen-bond donors (Lipinski definition) is 1. The summed E-state index contributed by atoms with van der Waals surface area (Å²) in [7, 11) is -2.25. The van der Waals surface area contributed by atoms with Gasteiger partial charge in [-0.25, -0.2) is 12.8 Å². The summed E-state index contributed by atoms with van der Waals surface area (Å²) in [5.74, 6) is -0.850. The molecule has 3 rings (SSSR count). The normalized spacial score (nSPS) is 14.8. The number of ether oxygens (including phenoxy) is 1. The van der Waals surface area contributed by atoms with Crippen molar-refractivity contribution >= 4 is 27.5 Å². The summed E-state index contributed by atoms with van der Waals surface area (Å²) < 4.78 is 45.5. The molecule has 2 aromatic rings. The molecule has 0 atom stereocenters. The molecule has 0 bridgehead atoms. The standard InChI is InChI=1S/C24H30FN3O5S/c1-4-28(5-2)34(31,32)20-10-11-22(33-3)21(16-20)26-23(29)17-12-14-27(15-13-17)24(30)18-6-8-19(25)9-7-18/h6-11,16-17H,4-5,12-15H2,1-3H3,(H,26,29). The maximum Gasteiger partial charge on any atom is 0.253 e. The molecular weight excluding hydrogens is 461 g/mol. The number of nitrogens with one attached hydrogen (secondary N) is 1. The number of nitrogens with zero attached hydrogens (tertiary/aromatic N) is 2. The van der Waals surface area contributed by atoms with Crippen LogP contribution in [0.3, 0.4) is 0 Å². The number of rotatable bonds is 8. The Morgan fingerprint density at radius 2 is 1.71 bits per heavy atom. The summed E-state index contributed by atoms with van der Waals surface area (Å²) in [6.07, 6.45) is 0.914. The third-order valence-electron chi connectivity index (χ3n) is 6.02. The van der Waals surface area contributed by atoms with Crippen molar-refractivity contribution < 1.29 is 27.1 Å². The fourth-order valence-electron chi connectivity index (χ4n) is 4.01. The van der Waals surface area contributed by atoms with Gasteiger partial charge in [-0.15, -0.1) is 0 Å². The molecule has 0 saturated carbocycles. The Hall–Kier alpha value is -2.98. The number of likely N-dealkylation sites (tertiary alicyclic amines) is 1. The molecule has 2 amide bonds. The first-order chi connectivity index (χ1) is 16.2. The maximum atomic E-state index is 13.1. The van der Waals surface area contributed by atoms with E-state index >= 15 is 0 Å². The number of benzene rings is 2. The van der Waals surface area contributed by atoms with E-state index < -0.39 is 15.8 Å². The third kappa shape index (κ3) is 5.56. The van der Waals surface area contributed by atoms with E-state index in [9.17, 15) is 22.4 Å². The quantitative estimate of drug-likeness (QED) is 0.611. The van der Waals surface area contributed by atoms with Crippen LogP contribution in [0, 0.1) is 11.7 Å². The molecule has 0 aromatic heterocycles. The average molecular weight is 492 g/mol. The van der Waals surface area contributed by atoms with Gasteiger partial charge in [0, 0.05) is 37.7 Å². The zero-order chi connectivity index (χ0) is 24.9. The van der Waals surface area contributed by atoms with E-state index in [0.29, 0.717) is 50.3 Å². The Morgan fingerprint density at radius 3 is 2.26 bits per heavy atom. The average Bonchev–Trinajstić information content (AvgIpc) is 2.84. The van der Waals surface area contributed by atoms with Crippen molar-refractivity contribution in [1.82, 2.24) is 9.21 Å². The second-order valence-electron chi connectivity index (χ2n) is 8.01. The monoisotopic (exact) mass is 491 g/mol. The molecule has 0 spiro atoms. The molecular formula is C24H30FN3O5S. The summed E-state index contributed by atoms with van der Waals surface area (Å²) in [6, 6.07) is 9.78. The van der Waals surface area contributed by atoms with Crippen molar-refractivity contribution in [3.05, 3.63) is 53.8 Å². The maximum absolute atomic E-state index is 13.1. The highest BCUT2D eigenvalue weighted by atomic mass is 32.2. The fourth-order valence-corrected chi connectivity index (χ4v) is 5.50. The second kappa shape index (κ2) is 11.0. The SMILES string of the molecule is CCN(CC)S(=O)(=O)c1ccc(OC)c(NC(=O)C2CCN(C(=O)c3ccc(F)cc3)CC2)c1. The summed E-state index contributed by atoms with van der Waals surface area (Å²) in [4.78, 5) is 27.3. The predicted octanol–water partition coefficient (Wildman–Crippen LogP) is 3.36. The predicted molar refractivity (Wildman–Crippen MR) is 127 cm³/mol. The minimum atomic E-state index is -3.70. The molecule has 8 nitrogen and oxygen atoms in total. The van der Waals surface area contributed by atoms with E-state index in [0.717, 1.165) is 0 Å². The lowest BCUT2D eigenvalue weighted by atomic mass is 9.95. The Kier molecular flexibility index (Phi) is 8.27. The number of sulfonamides is 1. The highest BCUT2D eigenvalue weighted by Gasteiger charge is 2.29. The van der Waals surface area contributed by atoms with Crippen LogP contribution in [0.1, 0.15) is 37.0 Å². The van der Waals surface area contributed by atoms with Crippen LogP contribution in [0.4, 0.5) is 10.1 Å². The highest BCUT2D eigenvalue weighted by Crippen LogP contribution is 2.30. The van der Waals surface area contributed by atoms with Crippen molar-refractivity contribution in [1.29, 1.82) is 0 Å². The summed E-state index contributed by atoms with van der Waals surface area (Å²) in [5, 5.41) is 2.81. The lowest BCUT2D eigenvalue weighted by Crippen LogP contribution is -2.41. The topological polar surface area (TPSA) is 96.0 Å². The molecule has 0 aliphatic carbocycles. The minimum absolute atomic E-state index is 0.0759. The van der Waals surface area contributed by atoms with Gasteiger partial charge in [0.05, 0.1) is 17.7 Å². The van der Waals surface area contributed by atoms with Gasteiger partial charge in [0.2, 0.25) is 15.9 Å². The summed E-state index contributed by atoms with van der Waals surface area (Å²) in [6.45, 7) is 4.98. The summed E-state index contributed by atoms with van der Waals surface area (Å²) in [5.41, 5.74) is 0.686. The smallest absolute Gasteiger partial charge is 0.253 e. The third-order valence-corrected chi connectivity index (χ3v) is 8.06. The number of carbonyl (C=O) groups is 2. The molecule has 1 aliphatic heterocycles. The van der Waals surface area contributed by atoms with Gasteiger partial charge in [-0.2, -0.15) is 4.31 Å². The Labute approximate surface area is 199 Å². The van der Waals surface area contributed by atoms with Gasteiger partial charge in [-0.05, 0) is 55.3 Å². The zero-order valence-corrected chi connectivity index (χ0v) is 20.4. The Balaban J connectivity index is 1.69. The van der Waals surface area contributed by atoms with E-state index in [1.54, 1.807) is 18.7 Å². The molecule has 1 N–H and O–H groups in total. The Morgan fingerprint density at radius 1 is 1.09 bits per heavy atom. The molecule has 34 heavy (non-hydrogen) atoms. The van der Waals surface area contributed by atoms with Gasteiger partial charge in [0.1, 0.15) is 11.6 Å². The first kappa shape index (κ1) is 25.6. The van der Waals surface area contributed by atoms with E-state index in [1.807, 2.05) is 0 Å². The van der Waals surface area contributed by atoms with Crippen molar-refractivity contribution in [2.24, 2.45) is 5.92 Å². The van der Waals surface area contributed by atoms with Crippen LogP contribution < -0.4 is 10.1 Å². The first-order valence-electron chi connectivity index (χ1n) is 11.2. The molecule has 1 aliphatic rings. The number of hydrogen-bond acceptors (Lipinski definition) is 5. The van der Waals surface area contributed by atoms with Crippen molar-refractivity contribution in [2.45, 2.75) is 31.6 Å². The van der Waals surface area contributed by atoms with E-state index in [4.69, 9.17) is 4.74 Å². The number of halogens is 1. The highest BCUT2D eigenvalue weighted by molar-refractivity contribution is 7.89. The van der Waals surface area contributed by atoms with Gasteiger partial charge in [0.25, 0.3) is 5.91 Å². The van der Waals surface area contributed by atoms with Gasteiger partial charge < -0.3 is 15.0 Å². The van der Waals surface area contributed by atoms with Crippen molar-refractivity contribution in [2.75, 3.05) is 38.6 Å². The molecule has 1 saturated heterocycles. The molecule has 184 valence electrons. The molecule has 1 heterocycles. The van der Waals surface area contributed by atoms with Gasteiger partial charge >= 0.3 is 0 Å². The van der Waals surface area contributed by atoms with Gasteiger partial charge in [0.15, 0.2) is 0 Å². The zero-order valence-electron chi connectivity index (χ0n) is 19.6. The number of amides is 2. The molecule has 0 radical (unpaired) electrons. The number of methoxy groups -OCH3 is 1. The fraction of sp³-hybridized carbons (Fsp3) is 0.417. The van der Waals surface area contributed by atoms with E-state index in [1.165, 1.54) is 53.9 Å².